The summed E-state index contributed by atoms with van der Waals surface area (Å²) >= 11 is 0. The van der Waals surface area contributed by atoms with Gasteiger partial charge in [-0.15, -0.1) is 0 Å². The average molecular weight is 462 g/mol. The summed E-state index contributed by atoms with van der Waals surface area (Å²) < 4.78 is 39.0. The highest BCUT2D eigenvalue weighted by atomic mass is 32.2. The van der Waals surface area contributed by atoms with Gasteiger partial charge in [-0.2, -0.15) is 0 Å². The number of imidazole rings is 1. The van der Waals surface area contributed by atoms with Crippen LogP contribution in [-0.4, -0.2) is 59.3 Å². The Balaban J connectivity index is 1.69. The van der Waals surface area contributed by atoms with Crippen LogP contribution >= 0.6 is 0 Å². The zero-order chi connectivity index (χ0) is 22.9. The Morgan fingerprint density at radius 2 is 1.94 bits per heavy atom. The number of anilines is 1. The number of benzene rings is 1. The number of sulfonamides is 1. The van der Waals surface area contributed by atoms with Gasteiger partial charge < -0.3 is 19.8 Å². The maximum absolute atomic E-state index is 11.8. The zero-order valence-electron chi connectivity index (χ0n) is 18.9. The number of nitrogen functional groups attached to an aromatic ring is 1. The van der Waals surface area contributed by atoms with E-state index in [1.165, 1.54) is 10.6 Å². The van der Waals surface area contributed by atoms with Gasteiger partial charge in [0.15, 0.2) is 5.82 Å². The topological polar surface area (TPSA) is 113 Å². The van der Waals surface area contributed by atoms with Crippen molar-refractivity contribution in [2.45, 2.75) is 52.4 Å². The van der Waals surface area contributed by atoms with Crippen LogP contribution < -0.4 is 10.5 Å². The van der Waals surface area contributed by atoms with E-state index in [2.05, 4.69) is 16.5 Å². The minimum atomic E-state index is -3.16. The summed E-state index contributed by atoms with van der Waals surface area (Å²) in [4.78, 5) is 9.30. The van der Waals surface area contributed by atoms with Crippen molar-refractivity contribution < 1.29 is 17.9 Å². The monoisotopic (exact) mass is 461 g/mol. The van der Waals surface area contributed by atoms with E-state index in [-0.39, 0.29) is 6.10 Å². The summed E-state index contributed by atoms with van der Waals surface area (Å²) in [5, 5.41) is 0.934. The molecule has 0 amide bonds. The van der Waals surface area contributed by atoms with Crippen LogP contribution in [0.1, 0.15) is 38.9 Å². The Hall–Kier alpha value is -2.43. The third kappa shape index (κ3) is 4.53. The van der Waals surface area contributed by atoms with Gasteiger partial charge in [-0.25, -0.2) is 22.7 Å². The number of aromatic nitrogens is 3. The maximum atomic E-state index is 11.8. The van der Waals surface area contributed by atoms with Crippen LogP contribution in [0.2, 0.25) is 0 Å². The van der Waals surface area contributed by atoms with Gasteiger partial charge in [-0.3, -0.25) is 0 Å². The minimum absolute atomic E-state index is 0.0308. The molecule has 174 valence electrons. The van der Waals surface area contributed by atoms with Gasteiger partial charge in [0.2, 0.25) is 10.0 Å². The summed E-state index contributed by atoms with van der Waals surface area (Å²) in [5.41, 5.74) is 8.66. The molecule has 0 atom stereocenters. The molecule has 10 heteroatoms. The van der Waals surface area contributed by atoms with Crippen LogP contribution in [0.3, 0.4) is 0 Å². The molecule has 0 bridgehead atoms. The predicted octanol–water partition coefficient (Wildman–Crippen LogP) is 2.92. The van der Waals surface area contributed by atoms with Gasteiger partial charge in [0.1, 0.15) is 29.8 Å². The molecule has 0 radical (unpaired) electrons. The molecule has 9 nitrogen and oxygen atoms in total. The molecule has 1 aliphatic heterocycles. The Morgan fingerprint density at radius 1 is 1.19 bits per heavy atom. The molecule has 2 aromatic heterocycles. The molecule has 0 aliphatic carbocycles. The molecule has 0 unspecified atom stereocenters. The second-order valence-electron chi connectivity index (χ2n) is 8.17. The van der Waals surface area contributed by atoms with Gasteiger partial charge in [0.25, 0.3) is 0 Å². The number of ether oxygens (including phenoxy) is 2. The number of piperidine rings is 1. The van der Waals surface area contributed by atoms with Gasteiger partial charge in [-0.1, -0.05) is 6.92 Å². The quantitative estimate of drug-likeness (QED) is 0.549. The fraction of sp³-hybridized carbons (Fsp3) is 0.545. The molecule has 3 aromatic rings. The summed E-state index contributed by atoms with van der Waals surface area (Å²) in [6, 6.07) is 5.80. The van der Waals surface area contributed by atoms with Crippen molar-refractivity contribution in [3.63, 3.8) is 0 Å². The minimum Gasteiger partial charge on any atom is -0.490 e. The van der Waals surface area contributed by atoms with Crippen LogP contribution in [0, 0.1) is 0 Å². The molecule has 0 saturated carbocycles. The summed E-state index contributed by atoms with van der Waals surface area (Å²) in [5.74, 6) is 1.98. The fourth-order valence-electron chi connectivity index (χ4n) is 4.25. The summed E-state index contributed by atoms with van der Waals surface area (Å²) in [6.07, 6.45) is 3.49. The highest BCUT2D eigenvalue weighted by Crippen LogP contribution is 2.32. The van der Waals surface area contributed by atoms with Crippen molar-refractivity contribution >= 4 is 37.8 Å². The second kappa shape index (κ2) is 9.21. The Labute approximate surface area is 188 Å². The SMILES string of the molecule is CCCn1c(COCC)nc2c(N)nc3ccc(OC4CCN(S(C)(=O)=O)CC4)cc3c21. The zero-order valence-corrected chi connectivity index (χ0v) is 19.7. The molecule has 4 rings (SSSR count). The molecule has 1 aromatic carbocycles. The first kappa shape index (κ1) is 22.8. The van der Waals surface area contributed by atoms with E-state index in [1.807, 2.05) is 25.1 Å². The number of hydrogen-bond acceptors (Lipinski definition) is 7. The van der Waals surface area contributed by atoms with Gasteiger partial charge in [0.05, 0.1) is 17.3 Å². The van der Waals surface area contributed by atoms with E-state index in [1.54, 1.807) is 0 Å². The largest absolute Gasteiger partial charge is 0.490 e. The Morgan fingerprint density at radius 3 is 2.59 bits per heavy atom. The van der Waals surface area contributed by atoms with E-state index in [0.717, 1.165) is 41.0 Å². The molecule has 0 spiro atoms. The van der Waals surface area contributed by atoms with Crippen molar-refractivity contribution in [1.29, 1.82) is 0 Å². The van der Waals surface area contributed by atoms with Crippen LogP contribution in [0.4, 0.5) is 5.82 Å². The number of fused-ring (bicyclic) bond motifs is 3. The first-order valence-corrected chi connectivity index (χ1v) is 12.9. The highest BCUT2D eigenvalue weighted by molar-refractivity contribution is 7.88. The maximum Gasteiger partial charge on any atom is 0.211 e. The van der Waals surface area contributed by atoms with Crippen LogP contribution in [0.25, 0.3) is 21.9 Å². The number of hydrogen-bond donors (Lipinski definition) is 1. The van der Waals surface area contributed by atoms with Crippen molar-refractivity contribution in [2.75, 3.05) is 31.7 Å². The van der Waals surface area contributed by atoms with Crippen molar-refractivity contribution in [3.8, 4) is 5.75 Å². The van der Waals surface area contributed by atoms with Gasteiger partial charge in [0, 0.05) is 31.6 Å². The molecule has 1 fully saturated rings. The van der Waals surface area contributed by atoms with Crippen LogP contribution in [0.5, 0.6) is 5.75 Å². The Bertz CT molecular complexity index is 1220. The lowest BCUT2D eigenvalue weighted by Gasteiger charge is -2.30. The van der Waals surface area contributed by atoms with E-state index < -0.39 is 10.0 Å². The molecular weight excluding hydrogens is 430 g/mol. The summed E-state index contributed by atoms with van der Waals surface area (Å²) in [7, 11) is -3.16. The number of nitrogens with zero attached hydrogens (tertiary/aromatic N) is 4. The van der Waals surface area contributed by atoms with Crippen LogP contribution in [-0.2, 0) is 27.9 Å². The lowest BCUT2D eigenvalue weighted by Crippen LogP contribution is -2.41. The normalized spacial score (nSPS) is 16.2. The molecule has 32 heavy (non-hydrogen) atoms. The standard InChI is InChI=1S/C22H31N5O4S/c1-4-10-27-19(14-30-5-2)25-20-21(27)17-13-16(6-7-18(17)24-22(20)23)31-15-8-11-26(12-9-15)32(3,28)29/h6-7,13,15H,4-5,8-12,14H2,1-3H3,(H2,23,24). The number of pyridine rings is 1. The predicted molar refractivity (Wildman–Crippen MR) is 125 cm³/mol. The first-order chi connectivity index (χ1) is 15.3. The van der Waals surface area contributed by atoms with E-state index in [9.17, 15) is 8.42 Å². The van der Waals surface area contributed by atoms with Crippen molar-refractivity contribution in [1.82, 2.24) is 18.8 Å². The van der Waals surface area contributed by atoms with Crippen LogP contribution in [0.15, 0.2) is 18.2 Å². The van der Waals surface area contributed by atoms with E-state index in [4.69, 9.17) is 20.2 Å². The molecule has 1 saturated heterocycles. The summed E-state index contributed by atoms with van der Waals surface area (Å²) in [6.45, 7) is 6.86. The molecule has 1 aliphatic rings. The number of rotatable bonds is 8. The lowest BCUT2D eigenvalue weighted by atomic mass is 10.1. The third-order valence-corrected chi connectivity index (χ3v) is 7.11. The molecular formula is C22H31N5O4S. The third-order valence-electron chi connectivity index (χ3n) is 5.81. The van der Waals surface area contributed by atoms with E-state index in [0.29, 0.717) is 50.5 Å². The number of aryl methyl sites for hydroxylation is 1. The Kier molecular flexibility index (Phi) is 6.55. The average Bonchev–Trinajstić information content (AvgIpc) is 3.12. The van der Waals surface area contributed by atoms with Gasteiger partial charge >= 0.3 is 0 Å². The number of nitrogens with two attached hydrogens (primary N) is 1. The van der Waals surface area contributed by atoms with Crippen molar-refractivity contribution in [3.05, 3.63) is 24.0 Å². The second-order valence-corrected chi connectivity index (χ2v) is 10.2. The van der Waals surface area contributed by atoms with Gasteiger partial charge in [-0.05, 0) is 44.4 Å². The lowest BCUT2D eigenvalue weighted by molar-refractivity contribution is 0.126. The first-order valence-electron chi connectivity index (χ1n) is 11.1. The van der Waals surface area contributed by atoms with E-state index >= 15 is 0 Å². The smallest absolute Gasteiger partial charge is 0.211 e. The molecule has 3 heterocycles. The highest BCUT2D eigenvalue weighted by Gasteiger charge is 2.26. The molecule has 2 N–H and O–H groups in total. The van der Waals surface area contributed by atoms with Crippen molar-refractivity contribution in [2.24, 2.45) is 0 Å². The fourth-order valence-corrected chi connectivity index (χ4v) is 5.13.